The molecule has 1 rings (SSSR count). The first-order valence-electron chi connectivity index (χ1n) is 4.20. The van der Waals surface area contributed by atoms with E-state index >= 15 is 0 Å². The van der Waals surface area contributed by atoms with Gasteiger partial charge < -0.3 is 5.73 Å². The van der Waals surface area contributed by atoms with Crippen LogP contribution in [0, 0.1) is 0 Å². The second-order valence-corrected chi connectivity index (χ2v) is 2.85. The van der Waals surface area contributed by atoms with Crippen LogP contribution in [0.3, 0.4) is 0 Å². The molecular formula is C11H14ClNO. The van der Waals surface area contributed by atoms with Crippen molar-refractivity contribution >= 4 is 24.3 Å². The minimum absolute atomic E-state index is 0. The maximum atomic E-state index is 10.7. The van der Waals surface area contributed by atoms with E-state index in [0.717, 1.165) is 11.1 Å². The molecule has 0 saturated carbocycles. The lowest BCUT2D eigenvalue weighted by Gasteiger charge is -2.00. The Morgan fingerprint density at radius 1 is 1.43 bits per heavy atom. The Kier molecular flexibility index (Phi) is 5.84. The van der Waals surface area contributed by atoms with Crippen LogP contribution >= 0.6 is 12.4 Å². The SMILES string of the molecule is CC(=O)/C=C/c1ccccc1CN.Cl. The average Bonchev–Trinajstić information content (AvgIpc) is 2.15. The second-order valence-electron chi connectivity index (χ2n) is 2.85. The number of hydrogen-bond donors (Lipinski definition) is 1. The van der Waals surface area contributed by atoms with Crippen LogP contribution in [0.25, 0.3) is 6.08 Å². The molecule has 0 aromatic heterocycles. The van der Waals surface area contributed by atoms with E-state index in [1.807, 2.05) is 24.3 Å². The predicted octanol–water partition coefficient (Wildman–Crippen LogP) is 2.17. The van der Waals surface area contributed by atoms with Crippen molar-refractivity contribution in [2.75, 3.05) is 0 Å². The smallest absolute Gasteiger partial charge is 0.152 e. The summed E-state index contributed by atoms with van der Waals surface area (Å²) < 4.78 is 0. The van der Waals surface area contributed by atoms with Gasteiger partial charge in [-0.05, 0) is 24.1 Å². The molecule has 0 spiro atoms. The fourth-order valence-electron chi connectivity index (χ4n) is 1.09. The maximum Gasteiger partial charge on any atom is 0.152 e. The first-order valence-corrected chi connectivity index (χ1v) is 4.20. The van der Waals surface area contributed by atoms with Crippen molar-refractivity contribution in [3.63, 3.8) is 0 Å². The molecule has 0 heterocycles. The standard InChI is InChI=1S/C11H13NO.ClH/c1-9(13)6-7-10-4-2-3-5-11(10)8-12;/h2-7H,8,12H2,1H3;1H/b7-6+;. The highest BCUT2D eigenvalue weighted by molar-refractivity contribution is 5.91. The molecule has 1 aromatic carbocycles. The van der Waals surface area contributed by atoms with Crippen LogP contribution in [0.5, 0.6) is 0 Å². The third-order valence-corrected chi connectivity index (χ3v) is 1.77. The molecule has 0 atom stereocenters. The number of carbonyl (C=O) groups excluding carboxylic acids is 1. The zero-order valence-electron chi connectivity index (χ0n) is 8.07. The molecular weight excluding hydrogens is 198 g/mol. The second kappa shape index (κ2) is 6.35. The third-order valence-electron chi connectivity index (χ3n) is 1.77. The largest absolute Gasteiger partial charge is 0.326 e. The van der Waals surface area contributed by atoms with Crippen LogP contribution in [0.2, 0.25) is 0 Å². The topological polar surface area (TPSA) is 43.1 Å². The Morgan fingerprint density at radius 2 is 2.07 bits per heavy atom. The minimum atomic E-state index is 0. The van der Waals surface area contributed by atoms with Crippen molar-refractivity contribution in [3.05, 3.63) is 41.5 Å². The lowest BCUT2D eigenvalue weighted by Crippen LogP contribution is -1.98. The Bertz CT molecular complexity index is 334. The molecule has 2 nitrogen and oxygen atoms in total. The molecule has 0 aliphatic heterocycles. The summed E-state index contributed by atoms with van der Waals surface area (Å²) in [6, 6.07) is 7.77. The van der Waals surface area contributed by atoms with Crippen molar-refractivity contribution in [1.29, 1.82) is 0 Å². The van der Waals surface area contributed by atoms with Crippen LogP contribution in [-0.4, -0.2) is 5.78 Å². The van der Waals surface area contributed by atoms with E-state index in [-0.39, 0.29) is 18.2 Å². The number of allylic oxidation sites excluding steroid dienone is 1. The summed E-state index contributed by atoms with van der Waals surface area (Å²) >= 11 is 0. The summed E-state index contributed by atoms with van der Waals surface area (Å²) in [4.78, 5) is 10.7. The number of benzene rings is 1. The molecule has 14 heavy (non-hydrogen) atoms. The first kappa shape index (κ1) is 12.9. The van der Waals surface area contributed by atoms with Gasteiger partial charge in [-0.25, -0.2) is 0 Å². The Morgan fingerprint density at radius 3 is 2.64 bits per heavy atom. The van der Waals surface area contributed by atoms with Gasteiger partial charge in [0, 0.05) is 6.54 Å². The van der Waals surface area contributed by atoms with Gasteiger partial charge in [0.15, 0.2) is 5.78 Å². The zero-order chi connectivity index (χ0) is 9.68. The summed E-state index contributed by atoms with van der Waals surface area (Å²) in [6.45, 7) is 2.03. The highest BCUT2D eigenvalue weighted by atomic mass is 35.5. The fraction of sp³-hybridized carbons (Fsp3) is 0.182. The van der Waals surface area contributed by atoms with Crippen LogP contribution in [0.1, 0.15) is 18.1 Å². The lowest BCUT2D eigenvalue weighted by atomic mass is 10.1. The molecule has 3 heteroatoms. The number of carbonyl (C=O) groups is 1. The van der Waals surface area contributed by atoms with Crippen molar-refractivity contribution in [3.8, 4) is 0 Å². The van der Waals surface area contributed by atoms with Gasteiger partial charge >= 0.3 is 0 Å². The Balaban J connectivity index is 0.00000169. The van der Waals surface area contributed by atoms with Crippen LogP contribution in [0.15, 0.2) is 30.3 Å². The van der Waals surface area contributed by atoms with E-state index < -0.39 is 0 Å². The Hall–Kier alpha value is -1.12. The molecule has 0 saturated heterocycles. The van der Waals surface area contributed by atoms with Gasteiger partial charge in [0.1, 0.15) is 0 Å². The molecule has 0 aliphatic rings. The number of nitrogens with two attached hydrogens (primary N) is 1. The molecule has 0 aliphatic carbocycles. The monoisotopic (exact) mass is 211 g/mol. The third kappa shape index (κ3) is 3.73. The molecule has 0 amide bonds. The summed E-state index contributed by atoms with van der Waals surface area (Å²) in [5, 5.41) is 0. The number of halogens is 1. The molecule has 0 unspecified atom stereocenters. The molecule has 0 fully saturated rings. The summed E-state index contributed by atoms with van der Waals surface area (Å²) in [5.41, 5.74) is 7.61. The number of hydrogen-bond acceptors (Lipinski definition) is 2. The lowest BCUT2D eigenvalue weighted by molar-refractivity contribution is -0.112. The molecule has 0 radical (unpaired) electrons. The highest BCUT2D eigenvalue weighted by Gasteiger charge is 1.94. The van der Waals surface area contributed by atoms with Gasteiger partial charge in [-0.3, -0.25) is 4.79 Å². The van der Waals surface area contributed by atoms with E-state index in [0.29, 0.717) is 6.54 Å². The zero-order valence-corrected chi connectivity index (χ0v) is 8.88. The maximum absolute atomic E-state index is 10.7. The first-order chi connectivity index (χ1) is 6.24. The van der Waals surface area contributed by atoms with Crippen LogP contribution in [0.4, 0.5) is 0 Å². The predicted molar refractivity (Wildman–Crippen MR) is 61.3 cm³/mol. The van der Waals surface area contributed by atoms with Gasteiger partial charge in [0.05, 0.1) is 0 Å². The normalized spacial score (nSPS) is 9.86. The van der Waals surface area contributed by atoms with Crippen molar-refractivity contribution in [2.45, 2.75) is 13.5 Å². The van der Waals surface area contributed by atoms with E-state index in [1.54, 1.807) is 12.2 Å². The fourth-order valence-corrected chi connectivity index (χ4v) is 1.09. The average molecular weight is 212 g/mol. The van der Waals surface area contributed by atoms with E-state index in [2.05, 4.69) is 0 Å². The van der Waals surface area contributed by atoms with Gasteiger partial charge in [-0.1, -0.05) is 30.3 Å². The molecule has 2 N–H and O–H groups in total. The summed E-state index contributed by atoms with van der Waals surface area (Å²) in [6.07, 6.45) is 3.35. The van der Waals surface area contributed by atoms with Crippen molar-refractivity contribution in [1.82, 2.24) is 0 Å². The molecule has 0 bridgehead atoms. The summed E-state index contributed by atoms with van der Waals surface area (Å²) in [7, 11) is 0. The van der Waals surface area contributed by atoms with Crippen LogP contribution < -0.4 is 5.73 Å². The minimum Gasteiger partial charge on any atom is -0.326 e. The van der Waals surface area contributed by atoms with Gasteiger partial charge in [-0.15, -0.1) is 12.4 Å². The van der Waals surface area contributed by atoms with E-state index in [4.69, 9.17) is 5.73 Å². The van der Waals surface area contributed by atoms with Gasteiger partial charge in [0.2, 0.25) is 0 Å². The molecule has 76 valence electrons. The van der Waals surface area contributed by atoms with Gasteiger partial charge in [-0.2, -0.15) is 0 Å². The number of ketones is 1. The highest BCUT2D eigenvalue weighted by Crippen LogP contribution is 2.09. The van der Waals surface area contributed by atoms with Gasteiger partial charge in [0.25, 0.3) is 0 Å². The quantitative estimate of drug-likeness (QED) is 0.779. The molecule has 1 aromatic rings. The van der Waals surface area contributed by atoms with E-state index in [9.17, 15) is 4.79 Å². The summed E-state index contributed by atoms with van der Waals surface area (Å²) in [5.74, 6) is 0.0480. The van der Waals surface area contributed by atoms with Crippen LogP contribution in [-0.2, 0) is 11.3 Å². The van der Waals surface area contributed by atoms with E-state index in [1.165, 1.54) is 6.92 Å². The van der Waals surface area contributed by atoms with Crippen molar-refractivity contribution in [2.24, 2.45) is 5.73 Å². The number of rotatable bonds is 3. The van der Waals surface area contributed by atoms with Crippen molar-refractivity contribution < 1.29 is 4.79 Å². The Labute approximate surface area is 90.2 Å².